The third-order valence-electron chi connectivity index (χ3n) is 11.5. The van der Waals surface area contributed by atoms with Crippen LogP contribution in [0.5, 0.6) is 0 Å². The van der Waals surface area contributed by atoms with E-state index >= 15 is 0 Å². The van der Waals surface area contributed by atoms with E-state index < -0.39 is 66.0 Å². The molecule has 6 aliphatic heterocycles. The third kappa shape index (κ3) is 60.8. The third-order valence-corrected chi connectivity index (χ3v) is 14.7. The van der Waals surface area contributed by atoms with Crippen LogP contribution in [0.2, 0.25) is 0 Å². The van der Waals surface area contributed by atoms with Gasteiger partial charge in [0.25, 0.3) is 0 Å². The van der Waals surface area contributed by atoms with Gasteiger partial charge in [0.2, 0.25) is 11.8 Å². The summed E-state index contributed by atoms with van der Waals surface area (Å²) >= 11 is 0. The molecular weight excluding hydrogens is 1270 g/mol. The van der Waals surface area contributed by atoms with Gasteiger partial charge in [-0.25, -0.2) is 35.8 Å². The second kappa shape index (κ2) is 66.7. The van der Waals surface area contributed by atoms with Gasteiger partial charge in [-0.1, -0.05) is 20.8 Å². The summed E-state index contributed by atoms with van der Waals surface area (Å²) in [4.78, 5) is 73.8. The minimum atomic E-state index is -3.32. The van der Waals surface area contributed by atoms with Gasteiger partial charge in [0.15, 0.2) is 11.4 Å². The molecule has 6 rings (SSSR count). The number of carbonyl (C=O) groups excluding carboxylic acids is 6. The summed E-state index contributed by atoms with van der Waals surface area (Å²) in [6.07, 6.45) is 2.67. The normalized spacial score (nSPS) is 16.3. The van der Waals surface area contributed by atoms with E-state index in [1.165, 1.54) is 49.4 Å². The van der Waals surface area contributed by atoms with Crippen molar-refractivity contribution in [1.82, 2.24) is 6.15 Å². The zero-order valence-corrected chi connectivity index (χ0v) is 59.4. The fourth-order valence-corrected chi connectivity index (χ4v) is 6.91. The minimum absolute atomic E-state index is 0. The molecule has 0 spiro atoms. The number of Topliss-reactive ketones (excluding diaryl/α,β-unsaturated/α-hetero) is 1. The molecule has 2 unspecified atom stereocenters. The molecule has 6 fully saturated rings. The van der Waals surface area contributed by atoms with E-state index in [1.54, 1.807) is 13.8 Å². The van der Waals surface area contributed by atoms with Crippen LogP contribution in [-0.4, -0.2) is 291 Å². The van der Waals surface area contributed by atoms with Crippen molar-refractivity contribution < 1.29 is 100 Å². The van der Waals surface area contributed by atoms with Crippen molar-refractivity contribution in [3.63, 3.8) is 0 Å². The summed E-state index contributed by atoms with van der Waals surface area (Å²) in [5.74, 6) is -0.190. The number of hydrogen-bond acceptors (Lipinski definition) is 21. The first-order valence-electron chi connectivity index (χ1n) is 26.4. The van der Waals surface area contributed by atoms with Crippen LogP contribution in [0.15, 0.2) is 11.1 Å². The maximum absolute atomic E-state index is 11.5. The minimum Gasteiger partial charge on any atom is -0.481 e. The Hall–Kier alpha value is -0.856. The van der Waals surface area contributed by atoms with Crippen molar-refractivity contribution in [2.75, 3.05) is 115 Å². The van der Waals surface area contributed by atoms with Gasteiger partial charge in [0, 0.05) is 72.6 Å². The number of methoxy groups -OCH3 is 3. The van der Waals surface area contributed by atoms with Crippen LogP contribution < -0.4 is 23.4 Å². The molecule has 0 aromatic carbocycles. The maximum Gasteiger partial charge on any atom is 0.344 e. The molecule has 46 heteroatoms. The molecule has 483 valence electrons. The second-order valence-corrected chi connectivity index (χ2v) is 25.5. The molecule has 6 heterocycles. The van der Waals surface area contributed by atoms with E-state index in [1.807, 2.05) is 23.0 Å². The molecule has 12 N–H and O–H groups in total. The molecule has 27 radical (unpaired) electrons. The standard InChI is InChI=1S/C8H14O3.C7H13NO2.C7H10O3.C7H12O3.C6H12N2O2.C6H13O5P.C3H4O2.B5P.B4P.B3P.B2HP.BH2P.H3N.H2O/c1-6(8(9)10-2)3-7-4-11-5-7;1-5(7(8)9)2-6-3-10-4-6;1-5(7(8)9-2)6-3-10-4-6;1-5(7(8)9)2-6-3-10-4-6;7-5(6(8)9)1-4-2-10-3-4;1-5(6(7)9-2)12(8,10-3)11-4;4-3-1-5-2-3;1-5(2)6(3)4;1-4-5(2)3;1-4(2)3;1-3-2;1-2;;/h6-7H,3-5H2,1-2H3;5-6H,2-4H2,1H3,(H2,8,9);3-4H2,1-2H3;5-6H,2-4H2,1H3,(H,8,9);4-5H,1-3,7H2,(H2,8,9);5H,1-4H3;1-2H2;;;;3H;2H2;1H3;1H2/t6-;5-;;2*5-;;;;;;;;;/m11.11........./s1. The maximum atomic E-state index is 11.5. The number of carboxylic acids is 1. The van der Waals surface area contributed by atoms with Gasteiger partial charge in [0.05, 0.1) is 194 Å². The fourth-order valence-electron chi connectivity index (χ4n) is 5.77. The Labute approximate surface area is 561 Å². The molecule has 6 aliphatic rings. The Morgan fingerprint density at radius 3 is 1.14 bits per heavy atom. The lowest BCUT2D eigenvalue weighted by atomic mass is 9.37. The summed E-state index contributed by atoms with van der Waals surface area (Å²) in [6.45, 7) is 18.0. The summed E-state index contributed by atoms with van der Waals surface area (Å²) in [5.41, 5.74) is 16.3. The lowest BCUT2D eigenvalue weighted by Gasteiger charge is -2.27. The Balaban J connectivity index is -0.000000139. The molecule has 6 atom stereocenters. The van der Waals surface area contributed by atoms with Gasteiger partial charge in [-0.3, -0.25) is 33.3 Å². The lowest BCUT2D eigenvalue weighted by molar-refractivity contribution is -0.147. The Bertz CT molecular complexity index is 1840. The molecule has 0 aromatic heterocycles. The molecule has 2 amide bonds. The van der Waals surface area contributed by atoms with Gasteiger partial charge in [-0.15, -0.1) is 0 Å². The van der Waals surface area contributed by atoms with E-state index in [9.17, 15) is 38.1 Å². The number of amides is 2. The SMILES string of the molecule is COC(=O)C(C)=C1COC1.COC(=O)C(C)P(=O)(OC)OC.COC(=O)[C@H](C)CC1COC1.C[C@H](CC1COC1)C(=O)O.C[C@H](CC1COC1)C(N)=O.N.NC(=O)[C@H](N)CC1COC1.O.O=C1COC1.[B]B([B])P([B])[B].[B]P.[B]P([B])[B].[B]P[B].[B][B]P([B])[B]. The second-order valence-electron chi connectivity index (χ2n) is 19.0. The number of esters is 3. The zero-order chi connectivity index (χ0) is 69.7. The van der Waals surface area contributed by atoms with E-state index in [0.717, 1.165) is 77.7 Å². The monoisotopic (exact) mass is 1360 g/mol. The zero-order valence-electron chi connectivity index (χ0n) is 53.7. The number of ketones is 1. The largest absolute Gasteiger partial charge is 0.481 e. The topological polar surface area (TPSA) is 403 Å². The molecule has 90 heavy (non-hydrogen) atoms. The number of rotatable bonds is 19. The lowest BCUT2D eigenvalue weighted by Crippen LogP contribution is -2.42. The molecule has 25 nitrogen and oxygen atoms in total. The predicted molar refractivity (Wildman–Crippen MR) is 377 cm³/mol. The highest BCUT2D eigenvalue weighted by molar-refractivity contribution is 8.29. The number of primary amides is 2. The first-order valence-corrected chi connectivity index (χ1v) is 34.5. The highest BCUT2D eigenvalue weighted by Crippen LogP contribution is 2.51. The van der Waals surface area contributed by atoms with Crippen LogP contribution in [0.25, 0.3) is 0 Å². The predicted octanol–water partition coefficient (Wildman–Crippen LogP) is -1.19. The van der Waals surface area contributed by atoms with Crippen molar-refractivity contribution in [3.8, 4) is 0 Å². The van der Waals surface area contributed by atoms with Gasteiger partial charge >= 0.3 is 31.5 Å². The van der Waals surface area contributed by atoms with Crippen LogP contribution in [0, 0.1) is 41.4 Å². The number of hydrogen-bond donors (Lipinski definition) is 5. The number of carbonyl (C=O) groups is 7. The molecule has 0 saturated carbocycles. The van der Waals surface area contributed by atoms with E-state index in [0.29, 0.717) is 62.1 Å². The Kier molecular flexibility index (Phi) is 78.0. The van der Waals surface area contributed by atoms with Crippen molar-refractivity contribution in [2.45, 2.75) is 72.0 Å². The van der Waals surface area contributed by atoms with Crippen LogP contribution in [-0.2, 0) is 89.8 Å². The first-order chi connectivity index (χ1) is 41.1. The number of ether oxygens (including phenoxy) is 9. The first kappa shape index (κ1) is 105. The van der Waals surface area contributed by atoms with Gasteiger partial charge < -0.3 is 85.6 Å². The fraction of sp³-hybridized carbons (Fsp3) is 0.795. The molecule has 0 bridgehead atoms. The summed E-state index contributed by atoms with van der Waals surface area (Å²) < 4.78 is 63.4. The highest BCUT2D eigenvalue weighted by Gasteiger charge is 2.36. The molecular formula is C44H86B15N4O21P6. The average molecular weight is 1360 g/mol. The molecule has 0 aliphatic carbocycles. The van der Waals surface area contributed by atoms with E-state index in [2.05, 4.69) is 50.7 Å². The van der Waals surface area contributed by atoms with Crippen LogP contribution >= 0.6 is 47.7 Å². The average Bonchev–Trinajstić information content (AvgIpc) is 3.64. The van der Waals surface area contributed by atoms with Crippen LogP contribution in [0.1, 0.15) is 60.3 Å². The van der Waals surface area contributed by atoms with Crippen LogP contribution in [0.4, 0.5) is 0 Å². The number of carboxylic acid groups (broad SMARTS) is 1. The number of aliphatic carboxylic acids is 1. The Morgan fingerprint density at radius 2 is 0.956 bits per heavy atom. The van der Waals surface area contributed by atoms with Crippen LogP contribution in [0.3, 0.4) is 0 Å². The van der Waals surface area contributed by atoms with Gasteiger partial charge in [0.1, 0.15) is 13.2 Å². The molecule has 0 aromatic rings. The van der Waals surface area contributed by atoms with Crippen molar-refractivity contribution >= 4 is 201 Å². The van der Waals surface area contributed by atoms with E-state index in [-0.39, 0.29) is 61.3 Å². The summed E-state index contributed by atoms with van der Waals surface area (Å²) in [5, 5.41) is 8.51. The molecule has 6 saturated heterocycles. The smallest absolute Gasteiger partial charge is 0.344 e. The van der Waals surface area contributed by atoms with Gasteiger partial charge in [-0.2, -0.15) is 9.12 Å². The van der Waals surface area contributed by atoms with Gasteiger partial charge in [-0.05, 0) is 45.1 Å². The van der Waals surface area contributed by atoms with Crippen molar-refractivity contribution in [3.05, 3.63) is 11.1 Å². The summed E-state index contributed by atoms with van der Waals surface area (Å²) in [6, 6.07) is -0.492. The van der Waals surface area contributed by atoms with Crippen molar-refractivity contribution in [1.29, 1.82) is 0 Å². The Morgan fingerprint density at radius 1 is 0.656 bits per heavy atom. The number of nitrogens with two attached hydrogens (primary N) is 3. The van der Waals surface area contributed by atoms with Crippen molar-refractivity contribution in [2.24, 2.45) is 58.6 Å². The summed E-state index contributed by atoms with van der Waals surface area (Å²) in [7, 11) is 64.7. The van der Waals surface area contributed by atoms with E-state index in [4.69, 9.17) is 122 Å². The quantitative estimate of drug-likeness (QED) is 0.0334. The highest BCUT2D eigenvalue weighted by atomic mass is 31.2.